The van der Waals surface area contributed by atoms with Gasteiger partial charge in [-0.15, -0.1) is 0 Å². The van der Waals surface area contributed by atoms with Crippen molar-refractivity contribution in [3.63, 3.8) is 0 Å². The van der Waals surface area contributed by atoms with Gasteiger partial charge in [-0.05, 0) is 53.6 Å². The summed E-state index contributed by atoms with van der Waals surface area (Å²) in [5.41, 5.74) is 4.48. The van der Waals surface area contributed by atoms with Crippen molar-refractivity contribution in [2.45, 2.75) is 20.8 Å². The van der Waals surface area contributed by atoms with Gasteiger partial charge in [0.15, 0.2) is 0 Å². The second-order valence-electron chi connectivity index (χ2n) is 7.00. The SMILES string of the molecule is C=c1ccc2c(c1)Oc1cc(O)ccc1C=2c1ccc(C(=O)NCCS)cc1C.CC.O. The van der Waals surface area contributed by atoms with Crippen LogP contribution in [0.2, 0.25) is 0 Å². The molecule has 3 aromatic carbocycles. The van der Waals surface area contributed by atoms with E-state index in [1.54, 1.807) is 12.1 Å². The minimum Gasteiger partial charge on any atom is -0.508 e. The Balaban J connectivity index is 0.00000118. The Morgan fingerprint density at radius 2 is 1.75 bits per heavy atom. The van der Waals surface area contributed by atoms with Gasteiger partial charge in [-0.3, -0.25) is 4.79 Å². The zero-order chi connectivity index (χ0) is 22.5. The van der Waals surface area contributed by atoms with Gasteiger partial charge < -0.3 is 20.6 Å². The van der Waals surface area contributed by atoms with E-state index in [1.807, 2.05) is 63.2 Å². The fourth-order valence-corrected chi connectivity index (χ4v) is 3.68. The zero-order valence-electron chi connectivity index (χ0n) is 18.5. The highest BCUT2D eigenvalue weighted by Gasteiger charge is 2.22. The van der Waals surface area contributed by atoms with E-state index < -0.39 is 0 Å². The molecule has 0 atom stereocenters. The summed E-state index contributed by atoms with van der Waals surface area (Å²) < 4.78 is 6.04. The molecule has 0 aromatic heterocycles. The van der Waals surface area contributed by atoms with Crippen LogP contribution in [0.4, 0.5) is 0 Å². The summed E-state index contributed by atoms with van der Waals surface area (Å²) in [5, 5.41) is 14.6. The average molecular weight is 452 g/mol. The van der Waals surface area contributed by atoms with Crippen molar-refractivity contribution >= 4 is 30.7 Å². The number of carbonyl (C=O) groups is 1. The third kappa shape index (κ3) is 4.98. The first kappa shape index (κ1) is 25.0. The van der Waals surface area contributed by atoms with Crippen LogP contribution in [0.5, 0.6) is 17.2 Å². The third-order valence-corrected chi connectivity index (χ3v) is 5.15. The quantitative estimate of drug-likeness (QED) is 0.416. The zero-order valence-corrected chi connectivity index (χ0v) is 19.4. The monoisotopic (exact) mass is 451 g/mol. The summed E-state index contributed by atoms with van der Waals surface area (Å²) in [6, 6.07) is 16.6. The molecular weight excluding hydrogens is 422 g/mol. The maximum Gasteiger partial charge on any atom is 0.251 e. The second kappa shape index (κ2) is 10.9. The first-order chi connectivity index (χ1) is 15.0. The van der Waals surface area contributed by atoms with E-state index >= 15 is 0 Å². The first-order valence-corrected chi connectivity index (χ1v) is 11.0. The van der Waals surface area contributed by atoms with Crippen LogP contribution in [0.3, 0.4) is 0 Å². The van der Waals surface area contributed by atoms with E-state index in [-0.39, 0.29) is 17.1 Å². The number of amides is 1. The number of ether oxygens (including phenoxy) is 1. The van der Waals surface area contributed by atoms with Crippen molar-refractivity contribution in [3.8, 4) is 17.2 Å². The van der Waals surface area contributed by atoms with Gasteiger partial charge in [0, 0.05) is 40.3 Å². The predicted molar refractivity (Wildman–Crippen MR) is 133 cm³/mol. The summed E-state index contributed by atoms with van der Waals surface area (Å²) >= 11 is 4.13. The molecule has 1 amide bonds. The van der Waals surface area contributed by atoms with Gasteiger partial charge in [0.05, 0.1) is 0 Å². The molecule has 5 nitrogen and oxygen atoms in total. The highest BCUT2D eigenvalue weighted by Crippen LogP contribution is 2.38. The number of hydrogen-bond donors (Lipinski definition) is 3. The number of phenols is 1. The molecule has 0 saturated heterocycles. The second-order valence-corrected chi connectivity index (χ2v) is 7.44. The highest BCUT2D eigenvalue weighted by molar-refractivity contribution is 7.80. The molecule has 4 rings (SSSR count). The topological polar surface area (TPSA) is 90.1 Å². The summed E-state index contributed by atoms with van der Waals surface area (Å²) in [7, 11) is 0. The lowest BCUT2D eigenvalue weighted by Crippen LogP contribution is -2.25. The normalized spacial score (nSPS) is 11.1. The van der Waals surface area contributed by atoms with Crippen LogP contribution in [-0.4, -0.2) is 28.8 Å². The van der Waals surface area contributed by atoms with Crippen LogP contribution in [0.15, 0.2) is 54.6 Å². The Morgan fingerprint density at radius 1 is 1.03 bits per heavy atom. The van der Waals surface area contributed by atoms with Crippen LogP contribution in [0.1, 0.15) is 40.9 Å². The van der Waals surface area contributed by atoms with Gasteiger partial charge in [-0.2, -0.15) is 12.6 Å². The number of rotatable bonds is 4. The average Bonchev–Trinajstić information content (AvgIpc) is 2.77. The van der Waals surface area contributed by atoms with E-state index in [0.717, 1.165) is 32.7 Å². The van der Waals surface area contributed by atoms with Crippen LogP contribution in [-0.2, 0) is 0 Å². The van der Waals surface area contributed by atoms with Crippen LogP contribution < -0.4 is 20.5 Å². The Kier molecular flexibility index (Phi) is 8.52. The molecule has 3 aromatic rings. The first-order valence-electron chi connectivity index (χ1n) is 10.3. The number of fused-ring (bicyclic) bond motifs is 2. The summed E-state index contributed by atoms with van der Waals surface area (Å²) in [5.74, 6) is 1.91. The van der Waals surface area contributed by atoms with E-state index in [0.29, 0.717) is 29.4 Å². The number of nitrogens with one attached hydrogen (secondary N) is 1. The minimum atomic E-state index is -0.113. The van der Waals surface area contributed by atoms with Gasteiger partial charge in [0.1, 0.15) is 17.2 Å². The number of aryl methyl sites for hydroxylation is 1. The molecule has 0 aliphatic carbocycles. The fraction of sp³-hybridized carbons (Fsp3) is 0.192. The third-order valence-electron chi connectivity index (χ3n) is 4.93. The Hall–Kier alpha value is -3.22. The van der Waals surface area contributed by atoms with Crippen molar-refractivity contribution in [1.82, 2.24) is 5.32 Å². The van der Waals surface area contributed by atoms with Crippen LogP contribution >= 0.6 is 12.6 Å². The van der Waals surface area contributed by atoms with Gasteiger partial charge in [0.2, 0.25) is 0 Å². The number of aromatic hydroxyl groups is 1. The molecule has 0 unspecified atom stereocenters. The lowest BCUT2D eigenvalue weighted by molar-refractivity contribution is 0.0956. The molecule has 32 heavy (non-hydrogen) atoms. The van der Waals surface area contributed by atoms with Gasteiger partial charge in [-0.25, -0.2) is 0 Å². The molecule has 168 valence electrons. The molecule has 0 bridgehead atoms. The summed E-state index contributed by atoms with van der Waals surface area (Å²) in [6.07, 6.45) is 0. The number of benzene rings is 3. The Morgan fingerprint density at radius 3 is 2.44 bits per heavy atom. The summed E-state index contributed by atoms with van der Waals surface area (Å²) in [4.78, 5) is 12.3. The number of thiol groups is 1. The standard InChI is InChI=1S/C24H21NO3S.C2H6.H2O/c1-14-3-6-19-21(11-14)28-22-13-17(26)5-8-20(22)23(19)18-7-4-16(12-15(18)2)24(27)25-9-10-29;1-2;/h3-8,11-13,26,29H,1,9-10H2,2H3,(H,25,27);1-2H3;1H2. The smallest absolute Gasteiger partial charge is 0.251 e. The molecule has 0 radical (unpaired) electrons. The van der Waals surface area contributed by atoms with Crippen LogP contribution in [0, 0.1) is 6.92 Å². The van der Waals surface area contributed by atoms with Crippen molar-refractivity contribution in [3.05, 3.63) is 87.3 Å². The van der Waals surface area contributed by atoms with E-state index in [9.17, 15) is 9.90 Å². The lowest BCUT2D eigenvalue weighted by Gasteiger charge is -2.22. The van der Waals surface area contributed by atoms with Crippen molar-refractivity contribution in [2.24, 2.45) is 0 Å². The highest BCUT2D eigenvalue weighted by atomic mass is 32.1. The predicted octanol–water partition coefficient (Wildman–Crippen LogP) is 3.33. The molecular formula is C26H29NO4S. The maximum absolute atomic E-state index is 12.3. The fourth-order valence-electron chi connectivity index (χ4n) is 3.57. The largest absolute Gasteiger partial charge is 0.508 e. The molecule has 0 saturated carbocycles. The number of hydrogen-bond acceptors (Lipinski definition) is 4. The van der Waals surface area contributed by atoms with Crippen molar-refractivity contribution in [2.75, 3.05) is 12.3 Å². The minimum absolute atomic E-state index is 0. The number of phenolic OH excluding ortho intramolecular Hbond substituents is 1. The molecule has 0 fully saturated rings. The molecule has 1 aliphatic heterocycles. The van der Waals surface area contributed by atoms with E-state index in [4.69, 9.17) is 4.74 Å². The molecule has 6 heteroatoms. The van der Waals surface area contributed by atoms with E-state index in [1.165, 1.54) is 0 Å². The lowest BCUT2D eigenvalue weighted by atomic mass is 9.89. The maximum atomic E-state index is 12.3. The van der Waals surface area contributed by atoms with Gasteiger partial charge in [-0.1, -0.05) is 38.6 Å². The Labute approximate surface area is 193 Å². The Bertz CT molecular complexity index is 1240. The van der Waals surface area contributed by atoms with Crippen LogP contribution in [0.25, 0.3) is 12.2 Å². The van der Waals surface area contributed by atoms with Crippen molar-refractivity contribution in [1.29, 1.82) is 0 Å². The van der Waals surface area contributed by atoms with Gasteiger partial charge >= 0.3 is 0 Å². The van der Waals surface area contributed by atoms with Crippen molar-refractivity contribution < 1.29 is 20.1 Å². The molecule has 1 heterocycles. The molecule has 1 aliphatic rings. The molecule has 0 spiro atoms. The molecule has 4 N–H and O–H groups in total. The summed E-state index contributed by atoms with van der Waals surface area (Å²) in [6.45, 7) is 10.5. The van der Waals surface area contributed by atoms with E-state index in [2.05, 4.69) is 24.5 Å². The number of carbonyl (C=O) groups excluding carboxylic acids is 1. The van der Waals surface area contributed by atoms with Gasteiger partial charge in [0.25, 0.3) is 5.91 Å².